The van der Waals surface area contributed by atoms with E-state index < -0.39 is 6.17 Å². The van der Waals surface area contributed by atoms with E-state index in [1.54, 1.807) is 0 Å². The van der Waals surface area contributed by atoms with Crippen LogP contribution in [0, 0.1) is 5.92 Å². The van der Waals surface area contributed by atoms with Crippen LogP contribution in [0.5, 0.6) is 0 Å². The van der Waals surface area contributed by atoms with Crippen LogP contribution in [0.3, 0.4) is 0 Å². The fraction of sp³-hybridized carbons (Fsp3) is 0.588. The second kappa shape index (κ2) is 7.37. The average Bonchev–Trinajstić information content (AvgIpc) is 2.47. The number of piperidine rings is 1. The van der Waals surface area contributed by atoms with Crippen molar-refractivity contribution >= 4 is 17.4 Å². The zero-order chi connectivity index (χ0) is 15.4. The van der Waals surface area contributed by atoms with Gasteiger partial charge < -0.3 is 4.90 Å². The molecule has 1 heterocycles. The highest BCUT2D eigenvalue weighted by molar-refractivity contribution is 6.30. The first-order chi connectivity index (χ1) is 9.97. The predicted molar refractivity (Wildman–Crippen MR) is 84.6 cm³/mol. The number of ketones is 1. The van der Waals surface area contributed by atoms with Gasteiger partial charge in [0.25, 0.3) is 0 Å². The Morgan fingerprint density at radius 1 is 1.29 bits per heavy atom. The molecule has 1 fully saturated rings. The number of halogens is 2. The first-order valence-electron chi connectivity index (χ1n) is 7.63. The molecule has 2 rings (SSSR count). The summed E-state index contributed by atoms with van der Waals surface area (Å²) in [5.41, 5.74) is 1.00. The molecular formula is C17H23ClFNO. The molecule has 0 N–H and O–H groups in total. The maximum Gasteiger partial charge on any atom is 0.144 e. The van der Waals surface area contributed by atoms with Gasteiger partial charge in [0.1, 0.15) is 12.0 Å². The molecule has 0 bridgehead atoms. The van der Waals surface area contributed by atoms with Gasteiger partial charge in [-0.05, 0) is 30.5 Å². The number of hydrogen-bond donors (Lipinski definition) is 0. The first kappa shape index (κ1) is 16.4. The summed E-state index contributed by atoms with van der Waals surface area (Å²) < 4.78 is 13.2. The van der Waals surface area contributed by atoms with Gasteiger partial charge in [-0.25, -0.2) is 4.39 Å². The number of likely N-dealkylation sites (tertiary alicyclic amines) is 1. The summed E-state index contributed by atoms with van der Waals surface area (Å²) in [4.78, 5) is 14.7. The van der Waals surface area contributed by atoms with E-state index in [2.05, 4.69) is 4.90 Å². The van der Waals surface area contributed by atoms with Gasteiger partial charge in [0.05, 0.1) is 5.92 Å². The van der Waals surface area contributed by atoms with Crippen molar-refractivity contribution < 1.29 is 9.18 Å². The van der Waals surface area contributed by atoms with E-state index in [0.717, 1.165) is 18.7 Å². The van der Waals surface area contributed by atoms with E-state index in [4.69, 9.17) is 11.6 Å². The van der Waals surface area contributed by atoms with Gasteiger partial charge in [0.15, 0.2) is 0 Å². The summed E-state index contributed by atoms with van der Waals surface area (Å²) in [5.74, 6) is 0.0718. The molecule has 1 saturated heterocycles. The van der Waals surface area contributed by atoms with E-state index in [9.17, 15) is 9.18 Å². The number of hydrogen-bond acceptors (Lipinski definition) is 2. The topological polar surface area (TPSA) is 20.3 Å². The van der Waals surface area contributed by atoms with Crippen LogP contribution >= 0.6 is 11.6 Å². The van der Waals surface area contributed by atoms with Crippen molar-refractivity contribution in [2.24, 2.45) is 5.92 Å². The first-order valence-corrected chi connectivity index (χ1v) is 8.00. The monoisotopic (exact) mass is 311 g/mol. The molecule has 0 amide bonds. The molecule has 4 heteroatoms. The second-order valence-corrected chi connectivity index (χ2v) is 6.57. The van der Waals surface area contributed by atoms with Crippen LogP contribution in [0.2, 0.25) is 5.02 Å². The van der Waals surface area contributed by atoms with Crippen molar-refractivity contribution in [1.29, 1.82) is 0 Å². The normalized spacial score (nSPS) is 18.9. The SMILES string of the molecule is CC(C)C(=O)[C@H](CN1CCC(F)CC1)c1ccc(Cl)cc1. The molecular weight excluding hydrogens is 289 g/mol. The van der Waals surface area contributed by atoms with Gasteiger partial charge in [-0.15, -0.1) is 0 Å². The molecule has 1 aromatic rings. The third-order valence-electron chi connectivity index (χ3n) is 4.14. The van der Waals surface area contributed by atoms with Crippen LogP contribution < -0.4 is 0 Å². The summed E-state index contributed by atoms with van der Waals surface area (Å²) in [6.07, 6.45) is 0.461. The maximum atomic E-state index is 13.2. The molecule has 0 spiro atoms. The second-order valence-electron chi connectivity index (χ2n) is 6.14. The predicted octanol–water partition coefficient (Wildman–Crippen LogP) is 4.08. The van der Waals surface area contributed by atoms with Crippen molar-refractivity contribution in [2.75, 3.05) is 19.6 Å². The van der Waals surface area contributed by atoms with Crippen molar-refractivity contribution in [1.82, 2.24) is 4.90 Å². The van der Waals surface area contributed by atoms with E-state index in [-0.39, 0.29) is 17.6 Å². The number of benzene rings is 1. The molecule has 0 saturated carbocycles. The van der Waals surface area contributed by atoms with Crippen LogP contribution in [-0.2, 0) is 4.79 Å². The van der Waals surface area contributed by atoms with Crippen molar-refractivity contribution in [3.63, 3.8) is 0 Å². The molecule has 1 aliphatic rings. The van der Waals surface area contributed by atoms with Crippen molar-refractivity contribution in [3.8, 4) is 0 Å². The molecule has 0 unspecified atom stereocenters. The van der Waals surface area contributed by atoms with E-state index >= 15 is 0 Å². The Kier molecular flexibility index (Phi) is 5.77. The Bertz CT molecular complexity index is 466. The minimum atomic E-state index is -0.684. The van der Waals surface area contributed by atoms with Gasteiger partial charge in [0, 0.05) is 30.6 Å². The van der Waals surface area contributed by atoms with Crippen LogP contribution in [0.25, 0.3) is 0 Å². The third-order valence-corrected chi connectivity index (χ3v) is 4.39. The number of Topliss-reactive ketones (excluding diaryl/α,β-unsaturated/α-hetero) is 1. The summed E-state index contributed by atoms with van der Waals surface area (Å²) in [5, 5.41) is 0.674. The van der Waals surface area contributed by atoms with Gasteiger partial charge in [0.2, 0.25) is 0 Å². The fourth-order valence-electron chi connectivity index (χ4n) is 2.80. The summed E-state index contributed by atoms with van der Waals surface area (Å²) in [7, 11) is 0. The Labute approximate surface area is 131 Å². The molecule has 21 heavy (non-hydrogen) atoms. The molecule has 1 aromatic carbocycles. The minimum absolute atomic E-state index is 0.00982. The van der Waals surface area contributed by atoms with Crippen molar-refractivity contribution in [2.45, 2.75) is 38.8 Å². The van der Waals surface area contributed by atoms with E-state index in [1.807, 2.05) is 38.1 Å². The summed E-state index contributed by atoms with van der Waals surface area (Å²) in [6.45, 7) is 6.00. The smallest absolute Gasteiger partial charge is 0.144 e. The molecule has 0 radical (unpaired) electrons. The third kappa shape index (κ3) is 4.52. The Hall–Kier alpha value is -0.930. The highest BCUT2D eigenvalue weighted by atomic mass is 35.5. The van der Waals surface area contributed by atoms with Crippen LogP contribution in [-0.4, -0.2) is 36.5 Å². The maximum absolute atomic E-state index is 13.2. The lowest BCUT2D eigenvalue weighted by Gasteiger charge is -2.32. The van der Waals surface area contributed by atoms with Crippen LogP contribution in [0.4, 0.5) is 4.39 Å². The summed E-state index contributed by atoms with van der Waals surface area (Å²) in [6, 6.07) is 7.50. The van der Waals surface area contributed by atoms with Crippen LogP contribution in [0.15, 0.2) is 24.3 Å². The quantitative estimate of drug-likeness (QED) is 0.816. The highest BCUT2D eigenvalue weighted by Gasteiger charge is 2.27. The molecule has 116 valence electrons. The highest BCUT2D eigenvalue weighted by Crippen LogP contribution is 2.25. The molecule has 2 nitrogen and oxygen atoms in total. The standard InChI is InChI=1S/C17H23ClFNO/c1-12(2)17(21)16(13-3-5-14(18)6-4-13)11-20-9-7-15(19)8-10-20/h3-6,12,15-16H,7-11H2,1-2H3/t16-/m1/s1. The number of nitrogens with zero attached hydrogens (tertiary/aromatic N) is 1. The van der Waals surface area contributed by atoms with E-state index in [0.29, 0.717) is 24.4 Å². The Morgan fingerprint density at radius 2 is 1.86 bits per heavy atom. The van der Waals surface area contributed by atoms with Crippen LogP contribution in [0.1, 0.15) is 38.2 Å². The molecule has 0 aliphatic carbocycles. The molecule has 1 aliphatic heterocycles. The minimum Gasteiger partial charge on any atom is -0.302 e. The Morgan fingerprint density at radius 3 is 2.38 bits per heavy atom. The lowest BCUT2D eigenvalue weighted by molar-refractivity contribution is -0.123. The molecule has 0 aromatic heterocycles. The lowest BCUT2D eigenvalue weighted by Crippen LogP contribution is -2.39. The largest absolute Gasteiger partial charge is 0.302 e. The number of carbonyl (C=O) groups excluding carboxylic acids is 1. The van der Waals surface area contributed by atoms with Crippen molar-refractivity contribution in [3.05, 3.63) is 34.9 Å². The molecule has 1 atom stereocenters. The zero-order valence-corrected chi connectivity index (χ0v) is 13.4. The number of carbonyl (C=O) groups is 1. The fourth-order valence-corrected chi connectivity index (χ4v) is 2.93. The van der Waals surface area contributed by atoms with Gasteiger partial charge in [-0.2, -0.15) is 0 Å². The zero-order valence-electron chi connectivity index (χ0n) is 12.7. The van der Waals surface area contributed by atoms with Gasteiger partial charge in [-0.3, -0.25) is 4.79 Å². The summed E-state index contributed by atoms with van der Waals surface area (Å²) >= 11 is 5.93. The van der Waals surface area contributed by atoms with Gasteiger partial charge in [-0.1, -0.05) is 37.6 Å². The number of rotatable bonds is 5. The van der Waals surface area contributed by atoms with E-state index in [1.165, 1.54) is 0 Å². The van der Waals surface area contributed by atoms with Gasteiger partial charge >= 0.3 is 0 Å². The lowest BCUT2D eigenvalue weighted by atomic mass is 9.88. The average molecular weight is 312 g/mol. The number of alkyl halides is 1. The Balaban J connectivity index is 2.12.